The van der Waals surface area contributed by atoms with Crippen LogP contribution in [0.25, 0.3) is 66.8 Å². The molecule has 9 atom stereocenters. The van der Waals surface area contributed by atoms with Crippen LogP contribution < -0.4 is 75.5 Å². The van der Waals surface area contributed by atoms with Gasteiger partial charge in [0.05, 0.1) is 11.1 Å². The van der Waals surface area contributed by atoms with Crippen molar-refractivity contribution in [3.05, 3.63) is 171 Å². The third kappa shape index (κ3) is 23.8. The zero-order valence-corrected chi connectivity index (χ0v) is 74.5. The highest BCUT2D eigenvalue weighted by molar-refractivity contribution is 7.80. The van der Waals surface area contributed by atoms with Gasteiger partial charge in [-0.3, -0.25) is 54.0 Å². The maximum absolute atomic E-state index is 15.6. The Morgan fingerprint density at radius 2 is 1.00 bits per heavy atom. The number of nitrogens with zero attached hydrogens (tertiary/aromatic N) is 3. The maximum Gasteiger partial charge on any atom is 0.336 e. The lowest BCUT2D eigenvalue weighted by atomic mass is 9.88. The molecule has 7 aliphatic rings. The number of thiocarbonyl (C=S) groups is 2. The molecule has 39 heteroatoms. The van der Waals surface area contributed by atoms with Crippen LogP contribution in [-0.2, 0) is 44.8 Å². The number of hydrogen-bond donors (Lipinski definition) is 20. The van der Waals surface area contributed by atoms with Crippen LogP contribution in [0.4, 0.5) is 11.4 Å². The molecule has 0 bridgehead atoms. The Hall–Kier alpha value is -14.5. The van der Waals surface area contributed by atoms with E-state index in [1.54, 1.807) is 62.9 Å². The first-order valence-electron chi connectivity index (χ1n) is 43.6. The Morgan fingerprint density at radius 3 is 1.51 bits per heavy atom. The number of aromatic hydroxyl groups is 3. The van der Waals surface area contributed by atoms with E-state index in [-0.39, 0.29) is 222 Å². The molecule has 0 radical (unpaired) electrons. The first kappa shape index (κ1) is 96.6. The highest BCUT2D eigenvalue weighted by Crippen LogP contribution is 2.45. The molecule has 22 N–H and O–H groups in total. The summed E-state index contributed by atoms with van der Waals surface area (Å²) in [5.41, 5.74) is 13.9. The minimum Gasteiger partial charge on any atom is -0.508 e. The molecule has 132 heavy (non-hydrogen) atoms. The lowest BCUT2D eigenvalue weighted by molar-refractivity contribution is -0.144. The molecule has 37 nitrogen and oxygen atoms in total. The highest BCUT2D eigenvalue weighted by Gasteiger charge is 2.45. The molecule has 0 aromatic heterocycles. The van der Waals surface area contributed by atoms with Gasteiger partial charge in [-0.05, 0) is 221 Å². The number of fused-ring (bicyclic) bond motifs is 4. The lowest BCUT2D eigenvalue weighted by Gasteiger charge is -2.37. The number of hydrogen-bond acceptors (Lipinski definition) is 21. The summed E-state index contributed by atoms with van der Waals surface area (Å²) in [5.74, 6) is -11.2. The molecule has 0 unspecified atom stereocenters. The first-order chi connectivity index (χ1) is 63.0. The number of carboxylic acid groups (broad SMARTS) is 3. The second-order valence-electron chi connectivity index (χ2n) is 33.7. The quantitative estimate of drug-likeness (QED) is 0.00595. The van der Waals surface area contributed by atoms with Crippen molar-refractivity contribution >= 4 is 139 Å². The van der Waals surface area contributed by atoms with E-state index in [1.807, 2.05) is 0 Å². The van der Waals surface area contributed by atoms with Gasteiger partial charge in [-0.2, -0.15) is 0 Å². The van der Waals surface area contributed by atoms with Gasteiger partial charge in [0.15, 0.2) is 33.0 Å². The third-order valence-electron chi connectivity index (χ3n) is 24.0. The second kappa shape index (κ2) is 43.3. The predicted molar refractivity (Wildman–Crippen MR) is 500 cm³/mol. The number of piperidine rings is 1. The molecule has 5 aliphatic heterocycles. The highest BCUT2D eigenvalue weighted by atomic mass is 32.1. The van der Waals surface area contributed by atoms with Crippen LogP contribution in [-0.4, -0.2) is 214 Å². The van der Waals surface area contributed by atoms with Gasteiger partial charge in [0, 0.05) is 114 Å². The van der Waals surface area contributed by atoms with E-state index in [0.717, 1.165) is 0 Å². The summed E-state index contributed by atoms with van der Waals surface area (Å²) >= 11 is 11.7. The Labute approximate surface area is 768 Å². The monoisotopic (exact) mass is 1850 g/mol. The van der Waals surface area contributed by atoms with Crippen LogP contribution in [0.15, 0.2) is 152 Å². The van der Waals surface area contributed by atoms with Crippen molar-refractivity contribution in [2.45, 2.75) is 166 Å². The number of nitrogens with one attached hydrogen (secondary N) is 12. The average molecular weight is 1850 g/mol. The molecule has 696 valence electrons. The molecule has 7 amide bonds. The van der Waals surface area contributed by atoms with Crippen molar-refractivity contribution in [2.75, 3.05) is 49.9 Å². The van der Waals surface area contributed by atoms with Gasteiger partial charge in [0.1, 0.15) is 88.3 Å². The van der Waals surface area contributed by atoms with Gasteiger partial charge in [0.25, 0.3) is 0 Å². The van der Waals surface area contributed by atoms with Crippen molar-refractivity contribution in [3.8, 4) is 62.1 Å². The number of anilines is 2. The number of phenolic OH excluding ortho intramolecular Hbond substituents is 3. The number of amides is 7. The summed E-state index contributed by atoms with van der Waals surface area (Å²) in [6, 6.07) is 21.2. The van der Waals surface area contributed by atoms with Gasteiger partial charge in [-0.15, -0.1) is 0 Å². The molecule has 12 rings (SSSR count). The zero-order valence-electron chi connectivity index (χ0n) is 72.9. The van der Waals surface area contributed by atoms with E-state index in [2.05, 4.69) is 53.2 Å². The van der Waals surface area contributed by atoms with E-state index in [4.69, 9.17) is 55.6 Å². The second-order valence-corrected chi connectivity index (χ2v) is 34.6. The first-order valence-corrected chi connectivity index (χ1v) is 44.4. The number of likely N-dealkylation sites (tertiary alicyclic amines) is 3. The Bertz CT molecular complexity index is 5980. The molecular formula is C93H107N17O20S2. The van der Waals surface area contributed by atoms with Crippen molar-refractivity contribution in [1.82, 2.24) is 57.2 Å². The van der Waals surface area contributed by atoms with Crippen molar-refractivity contribution in [2.24, 2.45) is 29.2 Å². The number of carbonyl (C=O) groups is 10. The van der Waals surface area contributed by atoms with Gasteiger partial charge >= 0.3 is 17.9 Å². The number of guanidine groups is 2. The van der Waals surface area contributed by atoms with Gasteiger partial charge < -0.3 is 119 Å². The van der Waals surface area contributed by atoms with Crippen LogP contribution in [0, 0.1) is 28.6 Å². The van der Waals surface area contributed by atoms with Gasteiger partial charge in [-0.25, -0.2) is 14.4 Å². The molecule has 2 aliphatic carbocycles. The van der Waals surface area contributed by atoms with Crippen molar-refractivity contribution in [3.63, 3.8) is 0 Å². The Balaban J connectivity index is 0.787. The van der Waals surface area contributed by atoms with Gasteiger partial charge in [0.2, 0.25) is 41.4 Å². The zero-order chi connectivity index (χ0) is 95.1. The molecule has 0 spiro atoms. The number of carboxylic acids is 3. The smallest absolute Gasteiger partial charge is 0.336 e. The number of aliphatic carboxylic acids is 1. The number of carbonyl (C=O) groups excluding carboxylic acids is 7. The molecule has 3 fully saturated rings. The summed E-state index contributed by atoms with van der Waals surface area (Å²) < 4.78 is 12.0. The summed E-state index contributed by atoms with van der Waals surface area (Å²) in [6.07, 6.45) is 2.06. The molecule has 5 aromatic rings. The number of rotatable bonds is 36. The van der Waals surface area contributed by atoms with Gasteiger partial charge in [-0.1, -0.05) is 58.4 Å². The number of aromatic carboxylic acids is 2. The van der Waals surface area contributed by atoms with Crippen LogP contribution >= 0.6 is 24.4 Å². The summed E-state index contributed by atoms with van der Waals surface area (Å²) in [5, 5.41) is 109. The minimum atomic E-state index is -1.43. The fourth-order valence-electron chi connectivity index (χ4n) is 17.2. The van der Waals surface area contributed by atoms with E-state index in [1.165, 1.54) is 113 Å². The SMILES string of the molecule is CC[C@H](C)[C@H](NC(=O)[C@@H](Cc1ccc(O)cc1)NC(=O)[C@@H]1CCCN1C(=O)[C@H](CCCNC(=N)N)NC(=O)[C@@H](NC(=O)[C@@H]1CCCN1C(=O)[C@@H](CCCCNC(=S)Nc1ccc(-c2c3ccc(=O)cc-3oc3cc(O)ccc23)c(C(=O)O)c1)NC(=S)Nc1ccc(-c2c3ccc(=O)cc-3oc3cc(O)ccc23)c(C(=O)O)c1)C1CCN(C(=N)N)CC1)C(=O)N[C@@H](CC(C)C)C(=O)O. The standard InChI is InChI=1S/C93H107N17O20S2/c1-5-48(4)78(83(119)104-69(89(127)128)39-47(2)3)106-80(116)68(40-49-15-19-53(111)20-16-49)103-81(117)70-13-9-35-109(70)85(121)66(12-8-34-98-90(94)95)102-84(120)79(50-31-37-108(38-32-50)91(96)97)107-82(118)71-14-10-36-110(71)86(122)67(105-93(132)101-52-18-26-59(65(42-52)88(125)126)77-62-29-23-56(114)45-74(62)130-75-46-57(115)24-30-63(75)77)11-6-7-33-99-92(131)100-51-17-25-58(64(41-51)87(123)124)76-60-27-21-54(112)43-72(60)129-73-44-55(113)22-28-61(73)76/h15-30,41-48,50,66-71,78-79,111-112,114H,5-14,31-40H2,1-4H3,(H3,96,97)(H,102,120)(H,103,117)(H,104,119)(H,106,116)(H,107,118)(H,123,124)(H,125,126)(H,127,128)(H4,94,95,98)(H2,99,100,131)(H2,101,105,132)/t48-,66-,67+,68+,69-,70-,71-,78-,79-/m0/s1. The van der Waals surface area contributed by atoms with E-state index in [9.17, 15) is 69.0 Å². The number of benzene rings is 7. The van der Waals surface area contributed by atoms with E-state index >= 15 is 19.2 Å². The number of nitrogens with two attached hydrogens (primary N) is 2. The average Bonchev–Trinajstić information content (AvgIpc) is 1.37. The summed E-state index contributed by atoms with van der Waals surface area (Å²) in [7, 11) is 0. The van der Waals surface area contributed by atoms with Crippen LogP contribution in [0.5, 0.6) is 17.2 Å². The largest absolute Gasteiger partial charge is 0.508 e. The Kier molecular flexibility index (Phi) is 31.7. The summed E-state index contributed by atoms with van der Waals surface area (Å²) in [6.45, 7) is 7.70. The van der Waals surface area contributed by atoms with Crippen LogP contribution in [0.1, 0.15) is 137 Å². The molecule has 0 saturated carbocycles. The van der Waals surface area contributed by atoms with Crippen molar-refractivity contribution < 1.29 is 87.4 Å². The summed E-state index contributed by atoms with van der Waals surface area (Å²) in [4.78, 5) is 174. The van der Waals surface area contributed by atoms with E-state index in [0.29, 0.717) is 57.9 Å². The van der Waals surface area contributed by atoms with E-state index < -0.39 is 119 Å². The molecule has 5 heterocycles. The predicted octanol–water partition coefficient (Wildman–Crippen LogP) is 7.46. The number of phenols is 3. The van der Waals surface area contributed by atoms with Crippen LogP contribution in [0.2, 0.25) is 0 Å². The number of unbranched alkanes of at least 4 members (excludes halogenated alkanes) is 1. The Morgan fingerprint density at radius 1 is 0.508 bits per heavy atom. The topological polar surface area (TPSA) is 582 Å². The molecule has 3 saturated heterocycles. The fourth-order valence-corrected chi connectivity index (χ4v) is 17.7. The molecular weight excluding hydrogens is 1740 g/mol. The lowest BCUT2D eigenvalue weighted by Crippen LogP contribution is -2.62. The van der Waals surface area contributed by atoms with Crippen molar-refractivity contribution in [1.29, 1.82) is 10.8 Å². The van der Waals surface area contributed by atoms with Crippen LogP contribution in [0.3, 0.4) is 0 Å². The maximum atomic E-state index is 15.6. The third-order valence-corrected chi connectivity index (χ3v) is 24.5. The normalized spacial score (nSPS) is 16.1. The minimum absolute atomic E-state index is 0.00161. The fraction of sp³-hybridized carbons (Fsp3) is 0.376. The molecule has 5 aromatic carbocycles.